The Morgan fingerprint density at radius 3 is 2.70 bits per heavy atom. The van der Waals surface area contributed by atoms with E-state index < -0.39 is 0 Å². The molecular weight excluding hydrogens is 342 g/mol. The number of fused-ring (bicyclic) bond motifs is 1. The van der Waals surface area contributed by atoms with Crippen LogP contribution in [0, 0.1) is 11.3 Å². The van der Waals surface area contributed by atoms with Crippen molar-refractivity contribution in [3.8, 4) is 11.8 Å². The van der Waals surface area contributed by atoms with Gasteiger partial charge in [-0.25, -0.2) is 0 Å². The van der Waals surface area contributed by atoms with Gasteiger partial charge in [0.25, 0.3) is 5.91 Å². The lowest BCUT2D eigenvalue weighted by molar-refractivity contribution is 0.0790. The molecule has 27 heavy (non-hydrogen) atoms. The average Bonchev–Trinajstić information content (AvgIpc) is 3.05. The number of aromatic nitrogens is 2. The number of ether oxygens (including phenoxy) is 1. The van der Waals surface area contributed by atoms with Crippen LogP contribution in [-0.2, 0) is 6.42 Å². The van der Waals surface area contributed by atoms with Gasteiger partial charge in [0, 0.05) is 13.6 Å². The molecule has 0 fully saturated rings. The van der Waals surface area contributed by atoms with E-state index in [-0.39, 0.29) is 11.7 Å². The predicted molar refractivity (Wildman–Crippen MR) is 103 cm³/mol. The van der Waals surface area contributed by atoms with Crippen LogP contribution in [0.4, 0.5) is 5.82 Å². The summed E-state index contributed by atoms with van der Waals surface area (Å²) in [6.45, 7) is 0.526. The maximum atomic E-state index is 12.9. The Labute approximate surface area is 157 Å². The number of methoxy groups -OCH3 is 1. The fourth-order valence-corrected chi connectivity index (χ4v) is 3.06. The maximum Gasteiger partial charge on any atom is 0.257 e. The van der Waals surface area contributed by atoms with Crippen molar-refractivity contribution in [2.45, 2.75) is 12.8 Å². The van der Waals surface area contributed by atoms with Crippen LogP contribution in [0.1, 0.15) is 28.0 Å². The van der Waals surface area contributed by atoms with E-state index in [1.165, 1.54) is 0 Å². The minimum absolute atomic E-state index is 0.109. The van der Waals surface area contributed by atoms with Gasteiger partial charge < -0.3 is 15.4 Å². The van der Waals surface area contributed by atoms with Gasteiger partial charge in [0.2, 0.25) is 0 Å². The molecule has 138 valence electrons. The summed E-state index contributed by atoms with van der Waals surface area (Å²) >= 11 is 0. The first kappa shape index (κ1) is 18.3. The average molecular weight is 363 g/mol. The van der Waals surface area contributed by atoms with Crippen molar-refractivity contribution in [1.29, 1.82) is 5.26 Å². The summed E-state index contributed by atoms with van der Waals surface area (Å²) in [6, 6.07) is 13.6. The van der Waals surface area contributed by atoms with E-state index in [0.717, 1.165) is 10.8 Å². The minimum Gasteiger partial charge on any atom is -0.496 e. The number of aromatic amines is 1. The van der Waals surface area contributed by atoms with Gasteiger partial charge in [0.15, 0.2) is 5.82 Å². The number of H-pyrrole nitrogens is 1. The smallest absolute Gasteiger partial charge is 0.257 e. The van der Waals surface area contributed by atoms with E-state index in [4.69, 9.17) is 15.7 Å². The van der Waals surface area contributed by atoms with Crippen molar-refractivity contribution in [1.82, 2.24) is 15.1 Å². The zero-order chi connectivity index (χ0) is 19.4. The number of hydrogen-bond acceptors (Lipinski definition) is 5. The molecule has 0 bridgehead atoms. The van der Waals surface area contributed by atoms with Crippen molar-refractivity contribution >= 4 is 22.5 Å². The van der Waals surface area contributed by atoms with Gasteiger partial charge in [0.1, 0.15) is 17.4 Å². The summed E-state index contributed by atoms with van der Waals surface area (Å²) in [5, 5.41) is 17.7. The largest absolute Gasteiger partial charge is 0.496 e. The molecule has 0 aliphatic heterocycles. The summed E-state index contributed by atoms with van der Waals surface area (Å²) < 4.78 is 5.42. The Morgan fingerprint density at radius 1 is 1.33 bits per heavy atom. The van der Waals surface area contributed by atoms with Gasteiger partial charge in [-0.15, -0.1) is 0 Å². The van der Waals surface area contributed by atoms with Crippen molar-refractivity contribution in [3.63, 3.8) is 0 Å². The van der Waals surface area contributed by atoms with Crippen LogP contribution in [-0.4, -0.2) is 41.7 Å². The van der Waals surface area contributed by atoms with Crippen LogP contribution in [0.2, 0.25) is 0 Å². The number of nitrogen functional groups attached to an aromatic ring is 1. The fourth-order valence-electron chi connectivity index (χ4n) is 3.06. The normalized spacial score (nSPS) is 10.6. The first-order chi connectivity index (χ1) is 13.0. The molecule has 1 amide bonds. The van der Waals surface area contributed by atoms with E-state index in [0.29, 0.717) is 42.0 Å². The number of carbonyl (C=O) groups excluding carboxylic acids is 1. The summed E-state index contributed by atoms with van der Waals surface area (Å²) in [4.78, 5) is 14.5. The third-order valence-electron chi connectivity index (χ3n) is 4.55. The number of nitriles is 1. The highest BCUT2D eigenvalue weighted by Crippen LogP contribution is 2.27. The third kappa shape index (κ3) is 3.70. The number of nitrogens with zero attached hydrogens (tertiary/aromatic N) is 3. The van der Waals surface area contributed by atoms with Crippen LogP contribution in [0.15, 0.2) is 36.4 Å². The molecule has 3 N–H and O–H groups in total. The number of anilines is 1. The van der Waals surface area contributed by atoms with Gasteiger partial charge in [-0.3, -0.25) is 9.89 Å². The molecule has 0 unspecified atom stereocenters. The fraction of sp³-hybridized carbons (Fsp3) is 0.250. The Morgan fingerprint density at radius 2 is 2.04 bits per heavy atom. The highest BCUT2D eigenvalue weighted by atomic mass is 16.5. The SMILES string of the molecule is COc1cc2ccccc2cc1C(=O)N(C)CCCc1[nH]nc(N)c1C#N. The van der Waals surface area contributed by atoms with Crippen molar-refractivity contribution in [3.05, 3.63) is 53.2 Å². The van der Waals surface area contributed by atoms with Gasteiger partial charge in [-0.2, -0.15) is 10.4 Å². The second kappa shape index (κ2) is 7.79. The Bertz CT molecular complexity index is 1020. The molecule has 2 aromatic carbocycles. The Balaban J connectivity index is 1.71. The number of nitrogens with two attached hydrogens (primary N) is 1. The lowest BCUT2D eigenvalue weighted by Crippen LogP contribution is -2.28. The molecule has 1 heterocycles. The molecule has 0 atom stereocenters. The van der Waals surface area contributed by atoms with Crippen LogP contribution < -0.4 is 10.5 Å². The summed E-state index contributed by atoms with van der Waals surface area (Å²) in [7, 11) is 3.32. The summed E-state index contributed by atoms with van der Waals surface area (Å²) in [5.41, 5.74) is 7.24. The van der Waals surface area contributed by atoms with E-state index in [1.54, 1.807) is 19.1 Å². The van der Waals surface area contributed by atoms with Crippen molar-refractivity contribution < 1.29 is 9.53 Å². The third-order valence-corrected chi connectivity index (χ3v) is 4.55. The van der Waals surface area contributed by atoms with Crippen molar-refractivity contribution in [2.75, 3.05) is 26.4 Å². The molecule has 7 heteroatoms. The quantitative estimate of drug-likeness (QED) is 0.700. The molecule has 3 aromatic rings. The molecule has 0 saturated carbocycles. The second-order valence-electron chi connectivity index (χ2n) is 6.30. The maximum absolute atomic E-state index is 12.9. The number of hydrogen-bond donors (Lipinski definition) is 2. The molecule has 0 spiro atoms. The molecule has 0 aliphatic carbocycles. The molecule has 0 aliphatic rings. The first-order valence-corrected chi connectivity index (χ1v) is 8.60. The number of benzene rings is 2. The molecule has 1 aromatic heterocycles. The number of carbonyl (C=O) groups is 1. The number of amides is 1. The number of nitrogens with one attached hydrogen (secondary N) is 1. The minimum atomic E-state index is -0.109. The molecule has 7 nitrogen and oxygen atoms in total. The number of aryl methyl sites for hydroxylation is 1. The highest BCUT2D eigenvalue weighted by Gasteiger charge is 2.18. The van der Waals surface area contributed by atoms with Gasteiger partial charge in [-0.1, -0.05) is 24.3 Å². The number of rotatable bonds is 6. The van der Waals surface area contributed by atoms with Crippen LogP contribution in [0.25, 0.3) is 10.8 Å². The molecule has 0 radical (unpaired) electrons. The van der Waals surface area contributed by atoms with Crippen LogP contribution in [0.5, 0.6) is 5.75 Å². The standard InChI is InChI=1S/C20H21N5O2/c1-25(9-5-8-17-16(12-21)19(22)24-23-17)20(26)15-10-13-6-3-4-7-14(13)11-18(15)27-2/h3-4,6-7,10-11H,5,8-9H2,1-2H3,(H3,22,23,24). The second-order valence-corrected chi connectivity index (χ2v) is 6.30. The van der Waals surface area contributed by atoms with Gasteiger partial charge in [0.05, 0.1) is 18.4 Å². The van der Waals surface area contributed by atoms with Crippen molar-refractivity contribution in [2.24, 2.45) is 0 Å². The predicted octanol–water partition coefficient (Wildman–Crippen LogP) is 2.73. The molecular formula is C20H21N5O2. The zero-order valence-electron chi connectivity index (χ0n) is 15.3. The van der Waals surface area contributed by atoms with Gasteiger partial charge in [-0.05, 0) is 35.7 Å². The lowest BCUT2D eigenvalue weighted by Gasteiger charge is -2.19. The summed E-state index contributed by atoms with van der Waals surface area (Å²) in [5.74, 6) is 0.652. The lowest BCUT2D eigenvalue weighted by atomic mass is 10.0. The Kier molecular flexibility index (Phi) is 5.27. The zero-order valence-corrected chi connectivity index (χ0v) is 15.3. The monoisotopic (exact) mass is 363 g/mol. The Hall–Kier alpha value is -3.53. The molecule has 3 rings (SSSR count). The van der Waals surface area contributed by atoms with Gasteiger partial charge >= 0.3 is 0 Å². The topological polar surface area (TPSA) is 108 Å². The van der Waals surface area contributed by atoms with Crippen LogP contribution >= 0.6 is 0 Å². The molecule has 0 saturated heterocycles. The van der Waals surface area contributed by atoms with E-state index in [9.17, 15) is 4.79 Å². The van der Waals surface area contributed by atoms with E-state index in [1.807, 2.05) is 42.5 Å². The van der Waals surface area contributed by atoms with Crippen LogP contribution in [0.3, 0.4) is 0 Å². The van der Waals surface area contributed by atoms with E-state index in [2.05, 4.69) is 10.2 Å². The summed E-state index contributed by atoms with van der Waals surface area (Å²) in [6.07, 6.45) is 1.26. The highest BCUT2D eigenvalue weighted by molar-refractivity contribution is 6.01. The van der Waals surface area contributed by atoms with E-state index >= 15 is 0 Å². The first-order valence-electron chi connectivity index (χ1n) is 8.60.